The molecule has 0 saturated heterocycles. The molecule has 2 aromatic rings. The van der Waals surface area contributed by atoms with Crippen LogP contribution in [0.4, 0.5) is 0 Å². The van der Waals surface area contributed by atoms with Crippen LogP contribution < -0.4 is 10.3 Å². The molecule has 3 nitrogen and oxygen atoms in total. The molecule has 0 aliphatic rings. The largest absolute Gasteiger partial charge is 0.407 e. The van der Waals surface area contributed by atoms with E-state index in [0.29, 0.717) is 5.75 Å². The fourth-order valence-corrected chi connectivity index (χ4v) is 1.36. The van der Waals surface area contributed by atoms with Gasteiger partial charge in [-0.15, -0.1) is 0 Å². The molecular weight excluding hydrogens is 190 g/mol. The van der Waals surface area contributed by atoms with Crippen LogP contribution in [-0.2, 0) is 0 Å². The third-order valence-corrected chi connectivity index (χ3v) is 1.98. The van der Waals surface area contributed by atoms with Crippen molar-refractivity contribution in [2.75, 3.05) is 0 Å². The second-order valence-corrected chi connectivity index (χ2v) is 3.00. The lowest BCUT2D eigenvalue weighted by Gasteiger charge is -2.01. The second kappa shape index (κ2) is 3.89. The predicted molar refractivity (Wildman–Crippen MR) is 58.6 cm³/mol. The highest BCUT2D eigenvalue weighted by Crippen LogP contribution is 2.21. The van der Waals surface area contributed by atoms with Gasteiger partial charge in [-0.1, -0.05) is 18.1 Å². The summed E-state index contributed by atoms with van der Waals surface area (Å²) < 4.78 is 5.17. The molecule has 0 spiro atoms. The molecule has 0 saturated carbocycles. The van der Waals surface area contributed by atoms with Crippen LogP contribution in [0.1, 0.15) is 6.92 Å². The van der Waals surface area contributed by atoms with Crippen LogP contribution in [0.2, 0.25) is 0 Å². The van der Waals surface area contributed by atoms with Gasteiger partial charge in [0, 0.05) is 18.4 Å². The van der Waals surface area contributed by atoms with Gasteiger partial charge in [0.25, 0.3) is 5.56 Å². The number of aromatic nitrogens is 1. The number of fused-ring (bicyclic) bond motifs is 1. The smallest absolute Gasteiger partial charge is 0.252 e. The topological polar surface area (TPSA) is 42.1 Å². The van der Waals surface area contributed by atoms with Crippen LogP contribution in [0.5, 0.6) is 5.75 Å². The van der Waals surface area contributed by atoms with Crippen molar-refractivity contribution in [3.63, 3.8) is 0 Å². The van der Waals surface area contributed by atoms with E-state index in [9.17, 15) is 4.79 Å². The van der Waals surface area contributed by atoms with Crippen LogP contribution in [-0.4, -0.2) is 4.98 Å². The van der Waals surface area contributed by atoms with Crippen molar-refractivity contribution in [1.82, 2.24) is 4.98 Å². The van der Waals surface area contributed by atoms with E-state index in [-0.39, 0.29) is 5.56 Å². The summed E-state index contributed by atoms with van der Waals surface area (Å²) in [6.45, 7) is 1.68. The Labute approximate surface area is 86.7 Å². The number of nitrogens with one attached hydrogen (secondary N) is 1. The van der Waals surface area contributed by atoms with E-state index in [2.05, 4.69) is 17.0 Å². The Morgan fingerprint density at radius 1 is 1.33 bits per heavy atom. The average molecular weight is 199 g/mol. The molecule has 1 N–H and O–H groups in total. The first kappa shape index (κ1) is 9.35. The third-order valence-electron chi connectivity index (χ3n) is 1.98. The van der Waals surface area contributed by atoms with Gasteiger partial charge in [0.2, 0.25) is 0 Å². The molecule has 3 heteroatoms. The number of benzene rings is 1. The van der Waals surface area contributed by atoms with Crippen LogP contribution in [0.25, 0.3) is 10.9 Å². The van der Waals surface area contributed by atoms with E-state index in [0.717, 1.165) is 10.9 Å². The lowest BCUT2D eigenvalue weighted by molar-refractivity contribution is 0.524. The van der Waals surface area contributed by atoms with Crippen LogP contribution in [0.3, 0.4) is 0 Å². The molecule has 0 fully saturated rings. The first-order valence-corrected chi connectivity index (χ1v) is 4.52. The minimum Gasteiger partial charge on any atom is -0.407 e. The molecule has 15 heavy (non-hydrogen) atoms. The summed E-state index contributed by atoms with van der Waals surface area (Å²) >= 11 is 0. The highest BCUT2D eigenvalue weighted by molar-refractivity contribution is 5.84. The van der Waals surface area contributed by atoms with Crippen LogP contribution >= 0.6 is 0 Å². The molecule has 1 heterocycles. The number of rotatable bonds is 1. The number of hydrogen-bond acceptors (Lipinski definition) is 2. The van der Waals surface area contributed by atoms with E-state index < -0.39 is 0 Å². The van der Waals surface area contributed by atoms with E-state index in [1.54, 1.807) is 6.92 Å². The zero-order valence-corrected chi connectivity index (χ0v) is 8.20. The van der Waals surface area contributed by atoms with Crippen molar-refractivity contribution in [1.29, 1.82) is 0 Å². The number of ether oxygens (including phenoxy) is 1. The summed E-state index contributed by atoms with van der Waals surface area (Å²) in [4.78, 5) is 14.0. The molecule has 0 radical (unpaired) electrons. The zero-order chi connectivity index (χ0) is 10.7. The molecule has 0 unspecified atom stereocenters. The summed E-state index contributed by atoms with van der Waals surface area (Å²) in [7, 11) is 0. The van der Waals surface area contributed by atoms with Gasteiger partial charge >= 0.3 is 0 Å². The summed E-state index contributed by atoms with van der Waals surface area (Å²) in [5, 5.41) is 0.847. The lowest BCUT2D eigenvalue weighted by atomic mass is 10.2. The van der Waals surface area contributed by atoms with Gasteiger partial charge in [0.05, 0.1) is 5.52 Å². The third kappa shape index (κ3) is 1.84. The molecule has 1 aromatic carbocycles. The minimum absolute atomic E-state index is 0.193. The van der Waals surface area contributed by atoms with Gasteiger partial charge in [-0.3, -0.25) is 4.79 Å². The Bertz CT molecular complexity index is 602. The van der Waals surface area contributed by atoms with Gasteiger partial charge in [-0.25, -0.2) is 0 Å². The van der Waals surface area contributed by atoms with Crippen molar-refractivity contribution in [3.8, 4) is 17.8 Å². The van der Waals surface area contributed by atoms with Crippen LogP contribution in [0.15, 0.2) is 35.1 Å². The Morgan fingerprint density at radius 2 is 2.13 bits per heavy atom. The fraction of sp³-hybridized carbons (Fsp3) is 0.0833. The number of aromatic amines is 1. The SMILES string of the molecule is CC#COc1cc(=O)[nH]c2ccccc12. The number of pyridine rings is 1. The Balaban J connectivity index is 2.69. The first-order chi connectivity index (χ1) is 7.31. The van der Waals surface area contributed by atoms with Crippen molar-refractivity contribution in [3.05, 3.63) is 40.7 Å². The van der Waals surface area contributed by atoms with E-state index in [4.69, 9.17) is 4.74 Å². The van der Waals surface area contributed by atoms with Gasteiger partial charge in [-0.05, 0) is 12.1 Å². The quantitative estimate of drug-likeness (QED) is 0.712. The molecule has 0 amide bonds. The molecule has 0 atom stereocenters. The maximum atomic E-state index is 11.3. The maximum Gasteiger partial charge on any atom is 0.252 e. The van der Waals surface area contributed by atoms with Crippen molar-refractivity contribution < 1.29 is 4.74 Å². The van der Waals surface area contributed by atoms with Crippen molar-refractivity contribution in [2.24, 2.45) is 0 Å². The van der Waals surface area contributed by atoms with Gasteiger partial charge in [0.15, 0.2) is 5.75 Å². The summed E-state index contributed by atoms with van der Waals surface area (Å²) in [6.07, 6.45) is 2.48. The number of H-pyrrole nitrogens is 1. The minimum atomic E-state index is -0.193. The van der Waals surface area contributed by atoms with Crippen LogP contribution in [0, 0.1) is 12.0 Å². The predicted octanol–water partition coefficient (Wildman–Crippen LogP) is 1.89. The highest BCUT2D eigenvalue weighted by atomic mass is 16.5. The van der Waals surface area contributed by atoms with Gasteiger partial charge < -0.3 is 9.72 Å². The normalized spacial score (nSPS) is 9.40. The molecule has 2 rings (SSSR count). The second-order valence-electron chi connectivity index (χ2n) is 3.00. The number of hydrogen-bond donors (Lipinski definition) is 1. The zero-order valence-electron chi connectivity index (χ0n) is 8.20. The Kier molecular flexibility index (Phi) is 2.42. The van der Waals surface area contributed by atoms with Gasteiger partial charge in [-0.2, -0.15) is 0 Å². The molecule has 0 bridgehead atoms. The van der Waals surface area contributed by atoms with E-state index in [1.807, 2.05) is 24.3 Å². The first-order valence-electron chi connectivity index (χ1n) is 4.52. The summed E-state index contributed by atoms with van der Waals surface area (Å²) in [5.41, 5.74) is 0.555. The summed E-state index contributed by atoms with van der Waals surface area (Å²) in [5.74, 6) is 3.11. The van der Waals surface area contributed by atoms with E-state index >= 15 is 0 Å². The lowest BCUT2D eigenvalue weighted by Crippen LogP contribution is -2.04. The molecule has 74 valence electrons. The molecule has 0 aliphatic heterocycles. The van der Waals surface area contributed by atoms with Crippen molar-refractivity contribution >= 4 is 10.9 Å². The Morgan fingerprint density at radius 3 is 2.93 bits per heavy atom. The fourth-order valence-electron chi connectivity index (χ4n) is 1.36. The van der Waals surface area contributed by atoms with Crippen molar-refractivity contribution in [2.45, 2.75) is 6.92 Å². The Hall–Kier alpha value is -2.21. The number of para-hydroxylation sites is 1. The average Bonchev–Trinajstić information content (AvgIpc) is 2.25. The van der Waals surface area contributed by atoms with Gasteiger partial charge in [0.1, 0.15) is 6.11 Å². The summed E-state index contributed by atoms with van der Waals surface area (Å²) in [6, 6.07) is 8.83. The standard InChI is InChI=1S/C12H9NO2/c1-2-7-15-11-8-12(14)13-10-6-4-3-5-9(10)11/h3-6,8H,1H3,(H,13,14). The molecule has 1 aromatic heterocycles. The monoisotopic (exact) mass is 199 g/mol. The van der Waals surface area contributed by atoms with E-state index in [1.165, 1.54) is 6.07 Å². The molecule has 0 aliphatic carbocycles. The maximum absolute atomic E-state index is 11.3. The molecular formula is C12H9NO2. The highest BCUT2D eigenvalue weighted by Gasteiger charge is 2.02.